The van der Waals surface area contributed by atoms with Crippen molar-refractivity contribution in [1.82, 2.24) is 9.80 Å². The van der Waals surface area contributed by atoms with E-state index in [0.717, 1.165) is 13.1 Å². The Hall–Kier alpha value is -0.950. The summed E-state index contributed by atoms with van der Waals surface area (Å²) in [6.45, 7) is 4.70. The fourth-order valence-electron chi connectivity index (χ4n) is 1.89. The Labute approximate surface area is 116 Å². The van der Waals surface area contributed by atoms with Gasteiger partial charge in [0.05, 0.1) is 13.0 Å². The number of carbonyl (C=O) groups excluding carboxylic acids is 2. The van der Waals surface area contributed by atoms with E-state index in [9.17, 15) is 13.8 Å². The number of esters is 1. The standard InChI is InChI=1S/C12H22N2O4S/c1-10(12(16)18-3)8-19(17)9-11(15)14-6-4-13(2)5-7-14/h10H,4-9H2,1-3H3. The zero-order valence-electron chi connectivity index (χ0n) is 11.8. The van der Waals surface area contributed by atoms with Crippen molar-refractivity contribution in [3.05, 3.63) is 0 Å². The summed E-state index contributed by atoms with van der Waals surface area (Å²) in [4.78, 5) is 27.0. The van der Waals surface area contributed by atoms with Crippen LogP contribution >= 0.6 is 0 Å². The van der Waals surface area contributed by atoms with E-state index in [0.29, 0.717) is 13.1 Å². The van der Waals surface area contributed by atoms with E-state index < -0.39 is 16.7 Å². The lowest BCUT2D eigenvalue weighted by molar-refractivity contribution is -0.144. The molecule has 110 valence electrons. The highest BCUT2D eigenvalue weighted by Gasteiger charge is 2.23. The van der Waals surface area contributed by atoms with Crippen molar-refractivity contribution in [2.24, 2.45) is 5.92 Å². The van der Waals surface area contributed by atoms with Crippen molar-refractivity contribution >= 4 is 22.7 Å². The molecule has 6 nitrogen and oxygen atoms in total. The smallest absolute Gasteiger partial charge is 0.309 e. The zero-order valence-corrected chi connectivity index (χ0v) is 12.6. The summed E-state index contributed by atoms with van der Waals surface area (Å²) in [7, 11) is 2.00. The summed E-state index contributed by atoms with van der Waals surface area (Å²) in [6.07, 6.45) is 0. The van der Waals surface area contributed by atoms with Gasteiger partial charge in [-0.1, -0.05) is 6.92 Å². The van der Waals surface area contributed by atoms with Gasteiger partial charge in [-0.25, -0.2) is 0 Å². The topological polar surface area (TPSA) is 66.9 Å². The molecule has 0 aliphatic carbocycles. The normalized spacial score (nSPS) is 19.8. The molecular weight excluding hydrogens is 268 g/mol. The summed E-state index contributed by atoms with van der Waals surface area (Å²) >= 11 is 0. The summed E-state index contributed by atoms with van der Waals surface area (Å²) in [5.41, 5.74) is 0. The Bertz CT molecular complexity index is 354. The quantitative estimate of drug-likeness (QED) is 0.628. The van der Waals surface area contributed by atoms with E-state index >= 15 is 0 Å². The Balaban J connectivity index is 2.35. The van der Waals surface area contributed by atoms with Crippen LogP contribution in [0.25, 0.3) is 0 Å². The first-order valence-corrected chi connectivity index (χ1v) is 7.82. The summed E-state index contributed by atoms with van der Waals surface area (Å²) in [5, 5.41) is 0. The molecule has 0 aromatic rings. The van der Waals surface area contributed by atoms with Gasteiger partial charge in [0.15, 0.2) is 0 Å². The minimum Gasteiger partial charge on any atom is -0.469 e. The number of carbonyl (C=O) groups is 2. The number of amides is 1. The second-order valence-corrected chi connectivity index (χ2v) is 6.36. The average Bonchev–Trinajstić information content (AvgIpc) is 2.38. The number of piperazine rings is 1. The lowest BCUT2D eigenvalue weighted by Gasteiger charge is -2.32. The number of nitrogens with zero attached hydrogens (tertiary/aromatic N) is 2. The number of hydrogen-bond donors (Lipinski definition) is 0. The third kappa shape index (κ3) is 5.28. The number of methoxy groups -OCH3 is 1. The first kappa shape index (κ1) is 16.1. The van der Waals surface area contributed by atoms with Gasteiger partial charge < -0.3 is 14.5 Å². The zero-order chi connectivity index (χ0) is 14.4. The third-order valence-electron chi connectivity index (χ3n) is 3.18. The number of rotatable bonds is 5. The van der Waals surface area contributed by atoms with Crippen molar-refractivity contribution in [2.75, 3.05) is 51.8 Å². The van der Waals surface area contributed by atoms with Crippen LogP contribution in [0.4, 0.5) is 0 Å². The van der Waals surface area contributed by atoms with Gasteiger partial charge in [-0.2, -0.15) is 0 Å². The van der Waals surface area contributed by atoms with Crippen LogP contribution < -0.4 is 0 Å². The van der Waals surface area contributed by atoms with Gasteiger partial charge in [0.25, 0.3) is 0 Å². The van der Waals surface area contributed by atoms with E-state index in [-0.39, 0.29) is 23.4 Å². The monoisotopic (exact) mass is 290 g/mol. The summed E-state index contributed by atoms with van der Waals surface area (Å²) in [5.74, 6) is -0.757. The van der Waals surface area contributed by atoms with Gasteiger partial charge in [0, 0.05) is 42.7 Å². The van der Waals surface area contributed by atoms with Gasteiger partial charge in [0.1, 0.15) is 5.75 Å². The van der Waals surface area contributed by atoms with Crippen LogP contribution in [0.3, 0.4) is 0 Å². The predicted molar refractivity (Wildman–Crippen MR) is 73.1 cm³/mol. The molecule has 1 aliphatic heterocycles. The van der Waals surface area contributed by atoms with Crippen LogP contribution in [-0.2, 0) is 25.1 Å². The molecule has 0 spiro atoms. The number of hydrogen-bond acceptors (Lipinski definition) is 5. The molecule has 1 amide bonds. The first-order chi connectivity index (χ1) is 8.93. The molecule has 0 radical (unpaired) electrons. The van der Waals surface area contributed by atoms with Gasteiger partial charge in [-0.3, -0.25) is 13.8 Å². The molecule has 1 saturated heterocycles. The molecule has 0 aromatic carbocycles. The molecule has 0 aromatic heterocycles. The Kier molecular flexibility index (Phi) is 6.44. The van der Waals surface area contributed by atoms with Gasteiger partial charge >= 0.3 is 5.97 Å². The van der Waals surface area contributed by atoms with E-state index in [1.165, 1.54) is 7.11 Å². The number of likely N-dealkylation sites (N-methyl/N-ethyl adjacent to an activating group) is 1. The maximum absolute atomic E-state index is 11.9. The minimum atomic E-state index is -1.32. The maximum Gasteiger partial charge on any atom is 0.309 e. The van der Waals surface area contributed by atoms with Crippen molar-refractivity contribution in [3.63, 3.8) is 0 Å². The molecule has 0 N–H and O–H groups in total. The summed E-state index contributed by atoms with van der Waals surface area (Å²) < 4.78 is 16.4. The molecule has 2 unspecified atom stereocenters. The van der Waals surface area contributed by atoms with Gasteiger partial charge in [0.2, 0.25) is 5.91 Å². The molecule has 1 fully saturated rings. The van der Waals surface area contributed by atoms with Crippen molar-refractivity contribution in [2.45, 2.75) is 6.92 Å². The van der Waals surface area contributed by atoms with Crippen LogP contribution in [0.15, 0.2) is 0 Å². The summed E-state index contributed by atoms with van der Waals surface area (Å²) in [6, 6.07) is 0. The van der Waals surface area contributed by atoms with E-state index in [1.807, 2.05) is 7.05 Å². The Morgan fingerprint density at radius 3 is 2.37 bits per heavy atom. The fourth-order valence-corrected chi connectivity index (χ4v) is 3.16. The highest BCUT2D eigenvalue weighted by atomic mass is 32.2. The van der Waals surface area contributed by atoms with Crippen LogP contribution in [0.5, 0.6) is 0 Å². The number of ether oxygens (including phenoxy) is 1. The van der Waals surface area contributed by atoms with Crippen molar-refractivity contribution in [3.8, 4) is 0 Å². The largest absolute Gasteiger partial charge is 0.469 e. The molecular formula is C12H22N2O4S. The maximum atomic E-state index is 11.9. The van der Waals surface area contributed by atoms with Gasteiger partial charge in [-0.15, -0.1) is 0 Å². The Morgan fingerprint density at radius 2 is 1.84 bits per heavy atom. The van der Waals surface area contributed by atoms with Crippen molar-refractivity contribution < 1.29 is 18.5 Å². The molecule has 0 saturated carbocycles. The Morgan fingerprint density at radius 1 is 1.26 bits per heavy atom. The van der Waals surface area contributed by atoms with Crippen LogP contribution in [-0.4, -0.2) is 77.7 Å². The molecule has 1 heterocycles. The highest BCUT2D eigenvalue weighted by molar-refractivity contribution is 7.85. The molecule has 7 heteroatoms. The van der Waals surface area contributed by atoms with Gasteiger partial charge in [-0.05, 0) is 7.05 Å². The fraction of sp³-hybridized carbons (Fsp3) is 0.833. The molecule has 2 atom stereocenters. The van der Waals surface area contributed by atoms with Crippen molar-refractivity contribution in [1.29, 1.82) is 0 Å². The lowest BCUT2D eigenvalue weighted by Crippen LogP contribution is -2.48. The highest BCUT2D eigenvalue weighted by Crippen LogP contribution is 2.04. The molecule has 0 bridgehead atoms. The van der Waals surface area contributed by atoms with Crippen LogP contribution in [0, 0.1) is 5.92 Å². The van der Waals surface area contributed by atoms with E-state index in [2.05, 4.69) is 9.64 Å². The molecule has 1 rings (SSSR count). The molecule has 19 heavy (non-hydrogen) atoms. The average molecular weight is 290 g/mol. The molecule has 1 aliphatic rings. The van der Waals surface area contributed by atoms with E-state index in [4.69, 9.17) is 0 Å². The lowest BCUT2D eigenvalue weighted by atomic mass is 10.2. The first-order valence-electron chi connectivity index (χ1n) is 6.33. The minimum absolute atomic E-state index is 0.00888. The van der Waals surface area contributed by atoms with E-state index in [1.54, 1.807) is 11.8 Å². The van der Waals surface area contributed by atoms with Crippen LogP contribution in [0.1, 0.15) is 6.92 Å². The second kappa shape index (κ2) is 7.59. The second-order valence-electron chi connectivity index (χ2n) is 4.86. The predicted octanol–water partition coefficient (Wildman–Crippen LogP) is -0.682. The van der Waals surface area contributed by atoms with Crippen LogP contribution in [0.2, 0.25) is 0 Å². The SMILES string of the molecule is COC(=O)C(C)CS(=O)CC(=O)N1CCN(C)CC1. The third-order valence-corrected chi connectivity index (χ3v) is 4.62.